The molecule has 1 atom stereocenters. The maximum Gasteiger partial charge on any atom is 0.191 e. The van der Waals surface area contributed by atoms with Crippen LogP contribution in [0.4, 0.5) is 0 Å². The molecule has 0 radical (unpaired) electrons. The first-order valence-corrected chi connectivity index (χ1v) is 9.51. The first-order chi connectivity index (χ1) is 13.2. The van der Waals surface area contributed by atoms with E-state index in [0.717, 1.165) is 42.3 Å². The molecule has 0 bridgehead atoms. The van der Waals surface area contributed by atoms with Gasteiger partial charge in [0, 0.05) is 13.1 Å². The number of ether oxygens (including phenoxy) is 1. The van der Waals surface area contributed by atoms with Crippen molar-refractivity contribution in [1.82, 2.24) is 10.6 Å². The molecular formula is C22H31N3O2. The lowest BCUT2D eigenvalue weighted by molar-refractivity contribution is 0.280. The Kier molecular flexibility index (Phi) is 8.65. The number of benzene rings is 2. The molecule has 0 aromatic heterocycles. The third-order valence-corrected chi connectivity index (χ3v) is 4.60. The van der Waals surface area contributed by atoms with Crippen LogP contribution in [0, 0.1) is 0 Å². The minimum atomic E-state index is 0.0367. The Bertz CT molecular complexity index is 714. The SMILES string of the molecule is CCNC(=NCc1ccccc1CO)NCCC(C)c1ccc(OC)cc1. The molecule has 0 fully saturated rings. The number of methoxy groups -OCH3 is 1. The molecule has 2 rings (SSSR count). The molecule has 0 heterocycles. The summed E-state index contributed by atoms with van der Waals surface area (Å²) in [5, 5.41) is 16.1. The van der Waals surface area contributed by atoms with E-state index in [4.69, 9.17) is 4.74 Å². The number of nitrogens with zero attached hydrogens (tertiary/aromatic N) is 1. The smallest absolute Gasteiger partial charge is 0.191 e. The molecule has 5 heteroatoms. The van der Waals surface area contributed by atoms with Crippen LogP contribution in [0.2, 0.25) is 0 Å². The second-order valence-electron chi connectivity index (χ2n) is 6.51. The summed E-state index contributed by atoms with van der Waals surface area (Å²) in [4.78, 5) is 4.65. The second-order valence-corrected chi connectivity index (χ2v) is 6.51. The van der Waals surface area contributed by atoms with E-state index in [1.54, 1.807) is 7.11 Å². The molecule has 2 aromatic rings. The zero-order valence-corrected chi connectivity index (χ0v) is 16.5. The predicted octanol–water partition coefficient (Wildman–Crippen LogP) is 3.44. The monoisotopic (exact) mass is 369 g/mol. The summed E-state index contributed by atoms with van der Waals surface area (Å²) in [6, 6.07) is 16.1. The summed E-state index contributed by atoms with van der Waals surface area (Å²) in [5.41, 5.74) is 3.27. The minimum absolute atomic E-state index is 0.0367. The quantitative estimate of drug-likeness (QED) is 0.468. The topological polar surface area (TPSA) is 65.9 Å². The average Bonchev–Trinajstić information content (AvgIpc) is 2.72. The van der Waals surface area contributed by atoms with E-state index in [1.165, 1.54) is 5.56 Å². The highest BCUT2D eigenvalue weighted by Gasteiger charge is 2.07. The van der Waals surface area contributed by atoms with Crippen LogP contribution in [0.5, 0.6) is 5.75 Å². The number of hydrogen-bond donors (Lipinski definition) is 3. The van der Waals surface area contributed by atoms with Crippen molar-refractivity contribution in [3.63, 3.8) is 0 Å². The van der Waals surface area contributed by atoms with Gasteiger partial charge in [-0.2, -0.15) is 0 Å². The maximum atomic E-state index is 9.44. The summed E-state index contributed by atoms with van der Waals surface area (Å²) >= 11 is 0. The highest BCUT2D eigenvalue weighted by molar-refractivity contribution is 5.79. The van der Waals surface area contributed by atoms with E-state index >= 15 is 0 Å². The highest BCUT2D eigenvalue weighted by Crippen LogP contribution is 2.21. The van der Waals surface area contributed by atoms with E-state index in [0.29, 0.717) is 12.5 Å². The third kappa shape index (κ3) is 6.61. The third-order valence-electron chi connectivity index (χ3n) is 4.60. The molecule has 0 saturated carbocycles. The molecule has 1 unspecified atom stereocenters. The molecule has 2 aromatic carbocycles. The standard InChI is InChI=1S/C22H31N3O2/c1-4-23-22(25-15-19-7-5-6-8-20(19)16-26)24-14-13-17(2)18-9-11-21(27-3)12-10-18/h5-12,17,26H,4,13-16H2,1-3H3,(H2,23,24,25). The Morgan fingerprint density at radius 1 is 1.07 bits per heavy atom. The van der Waals surface area contributed by atoms with Gasteiger partial charge in [0.25, 0.3) is 0 Å². The van der Waals surface area contributed by atoms with Crippen molar-refractivity contribution >= 4 is 5.96 Å². The van der Waals surface area contributed by atoms with Gasteiger partial charge in [0.2, 0.25) is 0 Å². The van der Waals surface area contributed by atoms with Gasteiger partial charge < -0.3 is 20.5 Å². The van der Waals surface area contributed by atoms with Crippen LogP contribution >= 0.6 is 0 Å². The average molecular weight is 370 g/mol. The van der Waals surface area contributed by atoms with Gasteiger partial charge in [0.05, 0.1) is 20.3 Å². The fourth-order valence-corrected chi connectivity index (χ4v) is 2.88. The molecule has 0 saturated heterocycles. The van der Waals surface area contributed by atoms with Crippen LogP contribution < -0.4 is 15.4 Å². The van der Waals surface area contributed by atoms with Crippen molar-refractivity contribution in [1.29, 1.82) is 0 Å². The molecular weight excluding hydrogens is 338 g/mol. The van der Waals surface area contributed by atoms with Crippen LogP contribution in [-0.4, -0.2) is 31.3 Å². The van der Waals surface area contributed by atoms with Gasteiger partial charge in [0.1, 0.15) is 5.75 Å². The Hall–Kier alpha value is -2.53. The van der Waals surface area contributed by atoms with Crippen molar-refractivity contribution < 1.29 is 9.84 Å². The number of rotatable bonds is 9. The molecule has 0 aliphatic rings. The van der Waals surface area contributed by atoms with Crippen molar-refractivity contribution in [2.45, 2.75) is 39.3 Å². The predicted molar refractivity (Wildman–Crippen MR) is 111 cm³/mol. The van der Waals surface area contributed by atoms with Crippen LogP contribution in [0.1, 0.15) is 42.9 Å². The van der Waals surface area contributed by atoms with Crippen LogP contribution in [-0.2, 0) is 13.2 Å². The number of nitrogens with one attached hydrogen (secondary N) is 2. The van der Waals surface area contributed by atoms with Gasteiger partial charge in [-0.1, -0.05) is 43.3 Å². The van der Waals surface area contributed by atoms with E-state index in [1.807, 2.05) is 36.4 Å². The molecule has 27 heavy (non-hydrogen) atoms. The largest absolute Gasteiger partial charge is 0.497 e. The summed E-state index contributed by atoms with van der Waals surface area (Å²) in [6.45, 7) is 6.50. The zero-order chi connectivity index (χ0) is 19.5. The number of aliphatic hydroxyl groups is 1. The fourth-order valence-electron chi connectivity index (χ4n) is 2.88. The van der Waals surface area contributed by atoms with Crippen LogP contribution in [0.25, 0.3) is 0 Å². The van der Waals surface area contributed by atoms with Crippen LogP contribution in [0.15, 0.2) is 53.5 Å². The second kappa shape index (κ2) is 11.2. The molecule has 5 nitrogen and oxygen atoms in total. The van der Waals surface area contributed by atoms with Crippen molar-refractivity contribution in [3.05, 3.63) is 65.2 Å². The summed E-state index contributed by atoms with van der Waals surface area (Å²) in [5.74, 6) is 2.13. The van der Waals surface area contributed by atoms with E-state index < -0.39 is 0 Å². The first kappa shape index (κ1) is 20.8. The molecule has 0 aliphatic carbocycles. The van der Waals surface area contributed by atoms with Gasteiger partial charge in [-0.3, -0.25) is 0 Å². The molecule has 0 spiro atoms. The van der Waals surface area contributed by atoms with Crippen LogP contribution in [0.3, 0.4) is 0 Å². The van der Waals surface area contributed by atoms with Gasteiger partial charge in [-0.25, -0.2) is 4.99 Å². The summed E-state index contributed by atoms with van der Waals surface area (Å²) in [7, 11) is 1.68. The Morgan fingerprint density at radius 3 is 2.41 bits per heavy atom. The van der Waals surface area contributed by atoms with Gasteiger partial charge in [-0.15, -0.1) is 0 Å². The molecule has 146 valence electrons. The first-order valence-electron chi connectivity index (χ1n) is 9.51. The van der Waals surface area contributed by atoms with Crippen molar-refractivity contribution in [3.8, 4) is 5.75 Å². The zero-order valence-electron chi connectivity index (χ0n) is 16.5. The lowest BCUT2D eigenvalue weighted by Gasteiger charge is -2.15. The van der Waals surface area contributed by atoms with Gasteiger partial charge >= 0.3 is 0 Å². The summed E-state index contributed by atoms with van der Waals surface area (Å²) < 4.78 is 5.22. The number of guanidine groups is 1. The lowest BCUT2D eigenvalue weighted by atomic mass is 9.98. The number of aliphatic imine (C=N–C) groups is 1. The van der Waals surface area contributed by atoms with Gasteiger partial charge in [0.15, 0.2) is 5.96 Å². The maximum absolute atomic E-state index is 9.44. The number of hydrogen-bond acceptors (Lipinski definition) is 3. The van der Waals surface area contributed by atoms with E-state index in [-0.39, 0.29) is 6.61 Å². The number of aliphatic hydroxyl groups excluding tert-OH is 1. The highest BCUT2D eigenvalue weighted by atomic mass is 16.5. The Morgan fingerprint density at radius 2 is 1.78 bits per heavy atom. The Balaban J connectivity index is 1.89. The van der Waals surface area contributed by atoms with Crippen molar-refractivity contribution in [2.24, 2.45) is 4.99 Å². The van der Waals surface area contributed by atoms with E-state index in [2.05, 4.69) is 41.6 Å². The minimum Gasteiger partial charge on any atom is -0.497 e. The normalized spacial score (nSPS) is 12.5. The van der Waals surface area contributed by atoms with Gasteiger partial charge in [-0.05, 0) is 48.1 Å². The van der Waals surface area contributed by atoms with E-state index in [9.17, 15) is 5.11 Å². The fraction of sp³-hybridized carbons (Fsp3) is 0.409. The van der Waals surface area contributed by atoms with Crippen molar-refractivity contribution in [2.75, 3.05) is 20.2 Å². The summed E-state index contributed by atoms with van der Waals surface area (Å²) in [6.07, 6.45) is 1.00. The molecule has 0 amide bonds. The molecule has 0 aliphatic heterocycles. The Labute approximate surface area is 162 Å². The molecule has 3 N–H and O–H groups in total. The lowest BCUT2D eigenvalue weighted by Crippen LogP contribution is -2.38.